The monoisotopic (exact) mass is 357 g/mol. The number of nitrogens with zero attached hydrogens (tertiary/aromatic N) is 1. The molecule has 7 nitrogen and oxygen atoms in total. The molecule has 0 spiro atoms. The molecule has 1 aromatic rings. The third-order valence-electron chi connectivity index (χ3n) is 3.86. The van der Waals surface area contributed by atoms with Crippen LogP contribution in [0.1, 0.15) is 15.9 Å². The molecule has 0 saturated heterocycles. The lowest BCUT2D eigenvalue weighted by Gasteiger charge is -2.25. The summed E-state index contributed by atoms with van der Waals surface area (Å²) in [6.45, 7) is 1.72. The molecule has 26 heavy (non-hydrogen) atoms. The molecule has 7 heteroatoms. The van der Waals surface area contributed by atoms with E-state index < -0.39 is 17.9 Å². The molecule has 0 aromatic heterocycles. The van der Waals surface area contributed by atoms with E-state index in [4.69, 9.17) is 14.2 Å². The quantitative estimate of drug-likeness (QED) is 0.604. The number of rotatable bonds is 4. The second kappa shape index (κ2) is 8.15. The van der Waals surface area contributed by atoms with E-state index in [2.05, 4.69) is 0 Å². The van der Waals surface area contributed by atoms with E-state index >= 15 is 0 Å². The first kappa shape index (κ1) is 19.0. The highest BCUT2D eigenvalue weighted by molar-refractivity contribution is 6.06. The molecule has 0 aliphatic carbocycles. The van der Waals surface area contributed by atoms with E-state index in [1.165, 1.54) is 32.3 Å². The van der Waals surface area contributed by atoms with E-state index in [0.29, 0.717) is 16.8 Å². The predicted octanol–water partition coefficient (Wildman–Crippen LogP) is 2.27. The Morgan fingerprint density at radius 1 is 0.885 bits per heavy atom. The van der Waals surface area contributed by atoms with Crippen molar-refractivity contribution >= 4 is 23.6 Å². The molecule has 1 aliphatic heterocycles. The highest BCUT2D eigenvalue weighted by Gasteiger charge is 2.28. The van der Waals surface area contributed by atoms with Crippen molar-refractivity contribution in [3.05, 3.63) is 65.0 Å². The van der Waals surface area contributed by atoms with E-state index in [9.17, 15) is 14.4 Å². The van der Waals surface area contributed by atoms with Crippen LogP contribution >= 0.6 is 0 Å². The first-order valence-electron chi connectivity index (χ1n) is 7.69. The molecule has 0 radical (unpaired) electrons. The highest BCUT2D eigenvalue weighted by Crippen LogP contribution is 2.30. The SMILES string of the molecule is COC(=O)C1=C(C(=O)OC)N(c2cccc(C(=O)OC)c2C)C=CC=C1. The molecule has 1 aliphatic rings. The van der Waals surface area contributed by atoms with Gasteiger partial charge in [0.25, 0.3) is 0 Å². The molecule has 0 bridgehead atoms. The Kier molecular flexibility index (Phi) is 5.95. The van der Waals surface area contributed by atoms with Gasteiger partial charge in [-0.15, -0.1) is 0 Å². The van der Waals surface area contributed by atoms with Gasteiger partial charge in [0.15, 0.2) is 0 Å². The third kappa shape index (κ3) is 3.51. The fourth-order valence-electron chi connectivity index (χ4n) is 2.57. The Labute approximate surface area is 151 Å². The number of carbonyl (C=O) groups excluding carboxylic acids is 3. The Hall–Kier alpha value is -3.35. The van der Waals surface area contributed by atoms with Crippen molar-refractivity contribution in [3.8, 4) is 0 Å². The van der Waals surface area contributed by atoms with Gasteiger partial charge in [0.2, 0.25) is 0 Å². The molecule has 2 rings (SSSR count). The van der Waals surface area contributed by atoms with Gasteiger partial charge < -0.3 is 19.1 Å². The number of carbonyl (C=O) groups is 3. The molecule has 0 saturated carbocycles. The highest BCUT2D eigenvalue weighted by atomic mass is 16.5. The summed E-state index contributed by atoms with van der Waals surface area (Å²) in [6.07, 6.45) is 6.33. The van der Waals surface area contributed by atoms with Crippen LogP contribution < -0.4 is 4.90 Å². The Morgan fingerprint density at radius 2 is 1.54 bits per heavy atom. The van der Waals surface area contributed by atoms with Crippen LogP contribution in [0.15, 0.2) is 53.9 Å². The largest absolute Gasteiger partial charge is 0.465 e. The van der Waals surface area contributed by atoms with Crippen LogP contribution in [0.5, 0.6) is 0 Å². The topological polar surface area (TPSA) is 82.1 Å². The van der Waals surface area contributed by atoms with Crippen molar-refractivity contribution in [2.24, 2.45) is 0 Å². The van der Waals surface area contributed by atoms with Gasteiger partial charge in [0, 0.05) is 11.9 Å². The summed E-state index contributed by atoms with van der Waals surface area (Å²) in [5.74, 6) is -1.90. The number of hydrogen-bond donors (Lipinski definition) is 0. The van der Waals surface area contributed by atoms with E-state index in [1.54, 1.807) is 43.5 Å². The van der Waals surface area contributed by atoms with Crippen molar-refractivity contribution < 1.29 is 28.6 Å². The summed E-state index contributed by atoms with van der Waals surface area (Å²) >= 11 is 0. The van der Waals surface area contributed by atoms with Gasteiger partial charge in [-0.25, -0.2) is 14.4 Å². The lowest BCUT2D eigenvalue weighted by Crippen LogP contribution is -2.27. The second-order valence-electron chi connectivity index (χ2n) is 5.26. The zero-order valence-corrected chi connectivity index (χ0v) is 14.9. The lowest BCUT2D eigenvalue weighted by molar-refractivity contribution is -0.139. The number of allylic oxidation sites excluding steroid dienone is 2. The summed E-state index contributed by atoms with van der Waals surface area (Å²) in [6, 6.07) is 5.00. The fourth-order valence-corrected chi connectivity index (χ4v) is 2.57. The minimum absolute atomic E-state index is 0.0190. The summed E-state index contributed by atoms with van der Waals surface area (Å²) in [5.41, 5.74) is 1.47. The summed E-state index contributed by atoms with van der Waals surface area (Å²) in [7, 11) is 3.74. The normalized spacial score (nSPS) is 13.3. The van der Waals surface area contributed by atoms with Gasteiger partial charge in [-0.2, -0.15) is 0 Å². The Balaban J connectivity index is 2.72. The lowest BCUT2D eigenvalue weighted by atomic mass is 10.0. The summed E-state index contributed by atoms with van der Waals surface area (Å²) in [4.78, 5) is 38.1. The van der Waals surface area contributed by atoms with Crippen LogP contribution in [0.4, 0.5) is 5.69 Å². The predicted molar refractivity (Wildman–Crippen MR) is 94.3 cm³/mol. The number of methoxy groups -OCH3 is 3. The molecule has 0 fully saturated rings. The van der Waals surface area contributed by atoms with Crippen molar-refractivity contribution in [2.45, 2.75) is 6.92 Å². The van der Waals surface area contributed by atoms with Crippen LogP contribution in [-0.2, 0) is 23.8 Å². The molecule has 0 atom stereocenters. The van der Waals surface area contributed by atoms with Crippen molar-refractivity contribution in [1.29, 1.82) is 0 Å². The van der Waals surface area contributed by atoms with Gasteiger partial charge in [0.05, 0.1) is 32.5 Å². The number of ether oxygens (including phenoxy) is 3. The fraction of sp³-hybridized carbons (Fsp3) is 0.211. The number of esters is 3. The zero-order valence-electron chi connectivity index (χ0n) is 14.9. The first-order valence-corrected chi connectivity index (χ1v) is 7.69. The van der Waals surface area contributed by atoms with Gasteiger partial charge in [0.1, 0.15) is 5.70 Å². The van der Waals surface area contributed by atoms with Crippen LogP contribution in [0.25, 0.3) is 0 Å². The molecule has 1 aromatic carbocycles. The molecular weight excluding hydrogens is 338 g/mol. The maximum absolute atomic E-state index is 12.4. The first-order chi connectivity index (χ1) is 12.5. The maximum atomic E-state index is 12.4. The molecule has 1 heterocycles. The van der Waals surface area contributed by atoms with Gasteiger partial charge in [-0.05, 0) is 36.8 Å². The summed E-state index contributed by atoms with van der Waals surface area (Å²) in [5, 5.41) is 0. The maximum Gasteiger partial charge on any atom is 0.355 e. The average molecular weight is 357 g/mol. The van der Waals surface area contributed by atoms with Crippen molar-refractivity contribution in [2.75, 3.05) is 26.2 Å². The van der Waals surface area contributed by atoms with Crippen LogP contribution in [0, 0.1) is 6.92 Å². The second-order valence-corrected chi connectivity index (χ2v) is 5.26. The smallest absolute Gasteiger partial charge is 0.355 e. The van der Waals surface area contributed by atoms with Crippen molar-refractivity contribution in [1.82, 2.24) is 0 Å². The number of benzene rings is 1. The zero-order chi connectivity index (χ0) is 19.3. The third-order valence-corrected chi connectivity index (χ3v) is 3.86. The molecule has 136 valence electrons. The van der Waals surface area contributed by atoms with E-state index in [1.807, 2.05) is 0 Å². The van der Waals surface area contributed by atoms with Crippen LogP contribution in [0.3, 0.4) is 0 Å². The van der Waals surface area contributed by atoms with Gasteiger partial charge >= 0.3 is 17.9 Å². The Morgan fingerprint density at radius 3 is 2.15 bits per heavy atom. The molecule has 0 N–H and O–H groups in total. The van der Waals surface area contributed by atoms with Gasteiger partial charge in [-0.3, -0.25) is 0 Å². The standard InChI is InChI=1S/C19H19NO6/c1-12-13(17(21)24-2)9-7-10-15(12)20-11-6-5-8-14(18(22)25-3)16(20)19(23)26-4/h5-11H,1-4H3. The average Bonchev–Trinajstić information content (AvgIpc) is 2.89. The summed E-state index contributed by atoms with van der Waals surface area (Å²) < 4.78 is 14.4. The minimum atomic E-state index is -0.718. The van der Waals surface area contributed by atoms with Crippen molar-refractivity contribution in [3.63, 3.8) is 0 Å². The number of anilines is 1. The van der Waals surface area contributed by atoms with E-state index in [-0.39, 0.29) is 11.3 Å². The minimum Gasteiger partial charge on any atom is -0.465 e. The van der Waals surface area contributed by atoms with Gasteiger partial charge in [-0.1, -0.05) is 12.1 Å². The molecule has 0 unspecified atom stereocenters. The van der Waals surface area contributed by atoms with Crippen LogP contribution in [0.2, 0.25) is 0 Å². The van der Waals surface area contributed by atoms with E-state index in [0.717, 1.165) is 0 Å². The molecule has 0 amide bonds. The molecular formula is C19H19NO6. The number of hydrogen-bond acceptors (Lipinski definition) is 7. The van der Waals surface area contributed by atoms with Crippen LogP contribution in [-0.4, -0.2) is 39.2 Å². The Bertz CT molecular complexity index is 834.